The molecule has 1 N–H and O–H groups in total. The first-order valence-electron chi connectivity index (χ1n) is 12.1. The van der Waals surface area contributed by atoms with E-state index in [1.807, 2.05) is 17.0 Å². The van der Waals surface area contributed by atoms with Crippen LogP contribution in [0.15, 0.2) is 66.9 Å². The van der Waals surface area contributed by atoms with Gasteiger partial charge in [-0.15, -0.1) is 0 Å². The molecule has 2 fully saturated rings. The molecule has 0 spiro atoms. The molecule has 0 radical (unpaired) electrons. The van der Waals surface area contributed by atoms with Crippen LogP contribution >= 0.6 is 0 Å². The van der Waals surface area contributed by atoms with Crippen LogP contribution in [0, 0.1) is 0 Å². The summed E-state index contributed by atoms with van der Waals surface area (Å²) in [6, 6.07) is 21.3. The van der Waals surface area contributed by atoms with Gasteiger partial charge in [-0.3, -0.25) is 9.69 Å². The van der Waals surface area contributed by atoms with Crippen LogP contribution in [0.25, 0.3) is 11.1 Å². The highest BCUT2D eigenvalue weighted by Gasteiger charge is 2.19. The van der Waals surface area contributed by atoms with Gasteiger partial charge in [-0.2, -0.15) is 0 Å². The summed E-state index contributed by atoms with van der Waals surface area (Å²) in [6.45, 7) is 5.88. The van der Waals surface area contributed by atoms with Gasteiger partial charge >= 0.3 is 0 Å². The summed E-state index contributed by atoms with van der Waals surface area (Å²) in [4.78, 5) is 21.5. The van der Waals surface area contributed by atoms with E-state index in [0.29, 0.717) is 12.1 Å². The molecule has 0 aliphatic carbocycles. The quantitative estimate of drug-likeness (QED) is 0.549. The molecule has 1 amide bonds. The first-order valence-corrected chi connectivity index (χ1v) is 12.1. The van der Waals surface area contributed by atoms with Gasteiger partial charge < -0.3 is 10.2 Å². The zero-order valence-electron chi connectivity index (χ0n) is 19.2. The first kappa shape index (κ1) is 21.7. The van der Waals surface area contributed by atoms with Crippen LogP contribution in [0.5, 0.6) is 0 Å². The van der Waals surface area contributed by atoms with Crippen molar-refractivity contribution in [3.63, 3.8) is 0 Å². The van der Waals surface area contributed by atoms with Crippen LogP contribution in [-0.4, -0.2) is 46.9 Å². The average molecular weight is 441 g/mol. The molecule has 5 heteroatoms. The standard InChI is InChI=1S/C28H32N4O/c33-28(32-17-5-6-18-32)25-13-14-27(30-20-25)29-19-24-7-1-2-8-26(24)23-11-9-22(10-12-23)21-31-15-3-4-16-31/h1-2,7-14,20H,3-6,15-19,21H2,(H,29,30). The van der Waals surface area contributed by atoms with E-state index in [1.54, 1.807) is 6.20 Å². The molecule has 5 nitrogen and oxygen atoms in total. The minimum absolute atomic E-state index is 0.0880. The van der Waals surface area contributed by atoms with Crippen molar-refractivity contribution in [3.05, 3.63) is 83.6 Å². The SMILES string of the molecule is O=C(c1ccc(NCc2ccccc2-c2ccc(CN3CCCC3)cc2)nc1)N1CCCC1. The summed E-state index contributed by atoms with van der Waals surface area (Å²) in [6.07, 6.45) is 6.53. The average Bonchev–Trinajstić information content (AvgIpc) is 3.58. The van der Waals surface area contributed by atoms with E-state index < -0.39 is 0 Å². The van der Waals surface area contributed by atoms with E-state index in [9.17, 15) is 4.79 Å². The molecule has 1 aromatic heterocycles. The number of aromatic nitrogens is 1. The predicted octanol–water partition coefficient (Wildman–Crippen LogP) is 5.19. The third-order valence-electron chi connectivity index (χ3n) is 6.75. The number of rotatable bonds is 7. The van der Waals surface area contributed by atoms with Gasteiger partial charge in [-0.05, 0) is 73.2 Å². The maximum Gasteiger partial charge on any atom is 0.255 e. The van der Waals surface area contributed by atoms with Crippen LogP contribution < -0.4 is 5.32 Å². The third-order valence-corrected chi connectivity index (χ3v) is 6.75. The molecule has 3 heterocycles. The number of hydrogen-bond acceptors (Lipinski definition) is 4. The molecule has 0 bridgehead atoms. The van der Waals surface area contributed by atoms with Crippen LogP contribution in [0.4, 0.5) is 5.82 Å². The molecule has 0 atom stereocenters. The highest BCUT2D eigenvalue weighted by molar-refractivity contribution is 5.94. The Morgan fingerprint density at radius 1 is 0.848 bits per heavy atom. The molecular formula is C28H32N4O. The van der Waals surface area contributed by atoms with Gasteiger partial charge in [-0.1, -0.05) is 48.5 Å². The zero-order valence-corrected chi connectivity index (χ0v) is 19.2. The van der Waals surface area contributed by atoms with E-state index in [0.717, 1.165) is 38.3 Å². The number of likely N-dealkylation sites (tertiary alicyclic amines) is 2. The van der Waals surface area contributed by atoms with Crippen LogP contribution in [0.1, 0.15) is 47.2 Å². The Balaban J connectivity index is 1.23. The number of amides is 1. The molecule has 0 unspecified atom stereocenters. The normalized spacial score (nSPS) is 16.3. The van der Waals surface area contributed by atoms with Gasteiger partial charge in [0.2, 0.25) is 0 Å². The highest BCUT2D eigenvalue weighted by Crippen LogP contribution is 2.25. The summed E-state index contributed by atoms with van der Waals surface area (Å²) in [5.41, 5.74) is 5.74. The van der Waals surface area contributed by atoms with Crippen molar-refractivity contribution < 1.29 is 4.79 Å². The minimum atomic E-state index is 0.0880. The number of nitrogens with zero attached hydrogens (tertiary/aromatic N) is 3. The Labute approximate surface area is 196 Å². The molecular weight excluding hydrogens is 408 g/mol. The Hall–Kier alpha value is -3.18. The molecule has 2 aromatic carbocycles. The molecule has 5 rings (SSSR count). The molecule has 2 saturated heterocycles. The summed E-state index contributed by atoms with van der Waals surface area (Å²) in [5.74, 6) is 0.869. The van der Waals surface area contributed by atoms with E-state index in [-0.39, 0.29) is 5.91 Å². The van der Waals surface area contributed by atoms with Crippen LogP contribution in [0.2, 0.25) is 0 Å². The Morgan fingerprint density at radius 2 is 1.58 bits per heavy atom. The number of carbonyl (C=O) groups is 1. The van der Waals surface area contributed by atoms with Gasteiger partial charge in [0.1, 0.15) is 5.82 Å². The van der Waals surface area contributed by atoms with E-state index in [1.165, 1.54) is 48.2 Å². The molecule has 33 heavy (non-hydrogen) atoms. The second-order valence-corrected chi connectivity index (χ2v) is 9.12. The number of hydrogen-bond donors (Lipinski definition) is 1. The van der Waals surface area contributed by atoms with Crippen LogP contribution in [0.3, 0.4) is 0 Å². The lowest BCUT2D eigenvalue weighted by atomic mass is 9.98. The Bertz CT molecular complexity index is 1070. The van der Waals surface area contributed by atoms with Crippen molar-refractivity contribution >= 4 is 11.7 Å². The minimum Gasteiger partial charge on any atom is -0.366 e. The van der Waals surface area contributed by atoms with Gasteiger partial charge in [0.15, 0.2) is 0 Å². The van der Waals surface area contributed by atoms with E-state index in [2.05, 4.69) is 63.7 Å². The van der Waals surface area contributed by atoms with E-state index >= 15 is 0 Å². The number of carbonyl (C=O) groups excluding carboxylic acids is 1. The predicted molar refractivity (Wildman–Crippen MR) is 133 cm³/mol. The molecule has 170 valence electrons. The van der Waals surface area contributed by atoms with Crippen molar-refractivity contribution in [3.8, 4) is 11.1 Å². The van der Waals surface area contributed by atoms with E-state index in [4.69, 9.17) is 0 Å². The largest absolute Gasteiger partial charge is 0.366 e. The lowest BCUT2D eigenvalue weighted by Crippen LogP contribution is -2.27. The first-order chi connectivity index (χ1) is 16.3. The van der Waals surface area contributed by atoms with Crippen molar-refractivity contribution in [1.82, 2.24) is 14.8 Å². The maximum absolute atomic E-state index is 12.5. The highest BCUT2D eigenvalue weighted by atomic mass is 16.2. The lowest BCUT2D eigenvalue weighted by molar-refractivity contribution is 0.0792. The lowest BCUT2D eigenvalue weighted by Gasteiger charge is -2.16. The topological polar surface area (TPSA) is 48.5 Å². The molecule has 3 aromatic rings. The van der Waals surface area contributed by atoms with Crippen molar-refractivity contribution in [2.45, 2.75) is 38.8 Å². The van der Waals surface area contributed by atoms with Gasteiger partial charge in [0.25, 0.3) is 5.91 Å². The number of nitrogens with one attached hydrogen (secondary N) is 1. The number of pyridine rings is 1. The van der Waals surface area contributed by atoms with Crippen molar-refractivity contribution in [1.29, 1.82) is 0 Å². The fourth-order valence-electron chi connectivity index (χ4n) is 4.86. The summed E-state index contributed by atoms with van der Waals surface area (Å²) in [5, 5.41) is 3.42. The van der Waals surface area contributed by atoms with Crippen LogP contribution in [-0.2, 0) is 13.1 Å². The Morgan fingerprint density at radius 3 is 2.30 bits per heavy atom. The number of benzene rings is 2. The number of anilines is 1. The fourth-order valence-corrected chi connectivity index (χ4v) is 4.86. The fraction of sp³-hybridized carbons (Fsp3) is 0.357. The summed E-state index contributed by atoms with van der Waals surface area (Å²) < 4.78 is 0. The zero-order chi connectivity index (χ0) is 22.5. The Kier molecular flexibility index (Phi) is 6.68. The van der Waals surface area contributed by atoms with Crippen molar-refractivity contribution in [2.75, 3.05) is 31.5 Å². The summed E-state index contributed by atoms with van der Waals surface area (Å²) >= 11 is 0. The second kappa shape index (κ2) is 10.2. The smallest absolute Gasteiger partial charge is 0.255 e. The third kappa shape index (κ3) is 5.25. The molecule has 2 aliphatic rings. The monoisotopic (exact) mass is 440 g/mol. The van der Waals surface area contributed by atoms with Gasteiger partial charge in [-0.25, -0.2) is 4.98 Å². The van der Waals surface area contributed by atoms with Crippen molar-refractivity contribution in [2.24, 2.45) is 0 Å². The molecule has 2 aliphatic heterocycles. The second-order valence-electron chi connectivity index (χ2n) is 9.12. The molecule has 0 saturated carbocycles. The maximum atomic E-state index is 12.5. The van der Waals surface area contributed by atoms with Gasteiger partial charge in [0.05, 0.1) is 5.56 Å². The van der Waals surface area contributed by atoms with Gasteiger partial charge in [0, 0.05) is 32.4 Å². The summed E-state index contributed by atoms with van der Waals surface area (Å²) in [7, 11) is 0.